The van der Waals surface area contributed by atoms with Crippen LogP contribution in [0, 0.1) is 0 Å². The highest BCUT2D eigenvalue weighted by atomic mass is 16.5. The summed E-state index contributed by atoms with van der Waals surface area (Å²) in [5, 5.41) is 4.40. The highest BCUT2D eigenvalue weighted by molar-refractivity contribution is 5.95. The van der Waals surface area contributed by atoms with Crippen molar-refractivity contribution in [3.63, 3.8) is 0 Å². The number of fused-ring (bicyclic) bond motifs is 1. The maximum absolute atomic E-state index is 12.7. The Kier molecular flexibility index (Phi) is 3.98. The molecule has 1 aliphatic rings. The van der Waals surface area contributed by atoms with Crippen LogP contribution < -0.4 is 10.1 Å². The number of carbonyl (C=O) groups excluding carboxylic acids is 1. The summed E-state index contributed by atoms with van der Waals surface area (Å²) < 4.78 is 5.21. The molecule has 2 atom stereocenters. The summed E-state index contributed by atoms with van der Waals surface area (Å²) >= 11 is 0. The predicted molar refractivity (Wildman–Crippen MR) is 86.3 cm³/mol. The van der Waals surface area contributed by atoms with Gasteiger partial charge in [0.15, 0.2) is 0 Å². The summed E-state index contributed by atoms with van der Waals surface area (Å²) in [7, 11) is 1.64. The minimum Gasteiger partial charge on any atom is -0.497 e. The van der Waals surface area contributed by atoms with E-state index in [-0.39, 0.29) is 5.91 Å². The fraction of sp³-hybridized carbons (Fsp3) is 0.412. The Morgan fingerprint density at radius 1 is 1.23 bits per heavy atom. The fourth-order valence-corrected chi connectivity index (χ4v) is 3.00. The fourth-order valence-electron chi connectivity index (χ4n) is 3.00. The topological polar surface area (TPSA) is 54.5 Å². The molecule has 3 rings (SSSR count). The van der Waals surface area contributed by atoms with E-state index in [1.165, 1.54) is 0 Å². The lowest BCUT2D eigenvalue weighted by molar-refractivity contribution is 0.0668. The van der Waals surface area contributed by atoms with Gasteiger partial charge in [0.25, 0.3) is 5.91 Å². The number of amides is 1. The largest absolute Gasteiger partial charge is 0.497 e. The van der Waals surface area contributed by atoms with Crippen molar-refractivity contribution in [2.24, 2.45) is 0 Å². The first-order valence-corrected chi connectivity index (χ1v) is 7.57. The van der Waals surface area contributed by atoms with Gasteiger partial charge in [0, 0.05) is 30.6 Å². The summed E-state index contributed by atoms with van der Waals surface area (Å²) in [6.07, 6.45) is 0. The molecular weight excluding hydrogens is 278 g/mol. The molecule has 0 radical (unpaired) electrons. The number of rotatable bonds is 2. The first-order valence-electron chi connectivity index (χ1n) is 7.57. The number of carbonyl (C=O) groups is 1. The van der Waals surface area contributed by atoms with Crippen molar-refractivity contribution in [1.29, 1.82) is 0 Å². The average molecular weight is 299 g/mol. The molecule has 5 heteroatoms. The molecule has 5 nitrogen and oxygen atoms in total. The minimum absolute atomic E-state index is 0.00193. The highest BCUT2D eigenvalue weighted by Crippen LogP contribution is 2.20. The number of pyridine rings is 1. The van der Waals surface area contributed by atoms with Crippen LogP contribution in [0.4, 0.5) is 0 Å². The molecule has 1 amide bonds. The van der Waals surface area contributed by atoms with Gasteiger partial charge in [0.1, 0.15) is 11.4 Å². The standard InChI is InChI=1S/C17H21N3O2/c1-11-9-20(10-12(2)18-11)17(21)16-6-4-13-8-14(22-3)5-7-15(13)19-16/h4-8,11-12,18H,9-10H2,1-3H3/t11-,12+. The zero-order chi connectivity index (χ0) is 15.7. The van der Waals surface area contributed by atoms with Crippen LogP contribution in [0.3, 0.4) is 0 Å². The molecule has 0 unspecified atom stereocenters. The van der Waals surface area contributed by atoms with E-state index < -0.39 is 0 Å². The lowest BCUT2D eigenvalue weighted by Gasteiger charge is -2.36. The number of nitrogens with zero attached hydrogens (tertiary/aromatic N) is 2. The predicted octanol–water partition coefficient (Wildman–Crippen LogP) is 2.07. The molecular formula is C17H21N3O2. The summed E-state index contributed by atoms with van der Waals surface area (Å²) in [4.78, 5) is 19.1. The summed E-state index contributed by atoms with van der Waals surface area (Å²) in [6.45, 7) is 5.61. The normalized spacial score (nSPS) is 21.9. The Labute approximate surface area is 130 Å². The van der Waals surface area contributed by atoms with Gasteiger partial charge in [-0.25, -0.2) is 4.98 Å². The Morgan fingerprint density at radius 2 is 1.95 bits per heavy atom. The second-order valence-corrected chi connectivity index (χ2v) is 5.93. The SMILES string of the molecule is COc1ccc2nc(C(=O)N3C[C@@H](C)N[C@@H](C)C3)ccc2c1. The molecule has 1 aliphatic heterocycles. The molecule has 1 N–H and O–H groups in total. The number of ether oxygens (including phenoxy) is 1. The van der Waals surface area contributed by atoms with E-state index in [1.807, 2.05) is 29.2 Å². The van der Waals surface area contributed by atoms with Crippen molar-refractivity contribution in [2.45, 2.75) is 25.9 Å². The number of benzene rings is 1. The minimum atomic E-state index is -0.00193. The van der Waals surface area contributed by atoms with Gasteiger partial charge in [-0.3, -0.25) is 4.79 Å². The van der Waals surface area contributed by atoms with Crippen LogP contribution in [0.25, 0.3) is 10.9 Å². The van der Waals surface area contributed by atoms with Crippen molar-refractivity contribution < 1.29 is 9.53 Å². The molecule has 0 saturated carbocycles. The molecule has 1 aromatic carbocycles. The Balaban J connectivity index is 1.87. The zero-order valence-corrected chi connectivity index (χ0v) is 13.2. The third kappa shape index (κ3) is 2.90. The van der Waals surface area contributed by atoms with Crippen molar-refractivity contribution in [3.8, 4) is 5.75 Å². The van der Waals surface area contributed by atoms with Gasteiger partial charge in [-0.2, -0.15) is 0 Å². The molecule has 0 bridgehead atoms. The van der Waals surface area contributed by atoms with Crippen molar-refractivity contribution >= 4 is 16.8 Å². The first kappa shape index (κ1) is 14.8. The molecule has 2 heterocycles. The van der Waals surface area contributed by atoms with E-state index in [0.717, 1.165) is 16.7 Å². The maximum Gasteiger partial charge on any atom is 0.272 e. The van der Waals surface area contributed by atoms with E-state index in [2.05, 4.69) is 24.1 Å². The Hall–Kier alpha value is -2.14. The van der Waals surface area contributed by atoms with Crippen LogP contribution in [0.1, 0.15) is 24.3 Å². The molecule has 1 saturated heterocycles. The number of nitrogens with one attached hydrogen (secondary N) is 1. The van der Waals surface area contributed by atoms with Crippen LogP contribution in [-0.2, 0) is 0 Å². The monoisotopic (exact) mass is 299 g/mol. The van der Waals surface area contributed by atoms with E-state index in [9.17, 15) is 4.79 Å². The molecule has 1 aromatic heterocycles. The van der Waals surface area contributed by atoms with Crippen LogP contribution in [-0.4, -0.2) is 48.1 Å². The second kappa shape index (κ2) is 5.93. The van der Waals surface area contributed by atoms with Gasteiger partial charge in [-0.1, -0.05) is 6.07 Å². The summed E-state index contributed by atoms with van der Waals surface area (Å²) in [5.74, 6) is 0.788. The van der Waals surface area contributed by atoms with Gasteiger partial charge in [-0.15, -0.1) is 0 Å². The number of methoxy groups -OCH3 is 1. The van der Waals surface area contributed by atoms with Gasteiger partial charge >= 0.3 is 0 Å². The first-order chi connectivity index (χ1) is 10.6. The second-order valence-electron chi connectivity index (χ2n) is 5.93. The quantitative estimate of drug-likeness (QED) is 0.922. The van der Waals surface area contributed by atoms with Crippen LogP contribution in [0.5, 0.6) is 5.75 Å². The van der Waals surface area contributed by atoms with E-state index >= 15 is 0 Å². The van der Waals surface area contributed by atoms with Gasteiger partial charge in [0.2, 0.25) is 0 Å². The van der Waals surface area contributed by atoms with E-state index in [1.54, 1.807) is 13.2 Å². The smallest absolute Gasteiger partial charge is 0.272 e. The molecule has 2 aromatic rings. The molecule has 0 spiro atoms. The number of piperazine rings is 1. The van der Waals surface area contributed by atoms with Crippen molar-refractivity contribution in [2.75, 3.05) is 20.2 Å². The van der Waals surface area contributed by atoms with Crippen molar-refractivity contribution in [1.82, 2.24) is 15.2 Å². The van der Waals surface area contributed by atoms with Crippen LogP contribution >= 0.6 is 0 Å². The highest BCUT2D eigenvalue weighted by Gasteiger charge is 2.26. The number of hydrogen-bond donors (Lipinski definition) is 1. The third-order valence-corrected chi connectivity index (χ3v) is 3.96. The molecule has 0 aliphatic carbocycles. The summed E-state index contributed by atoms with van der Waals surface area (Å²) in [6, 6.07) is 9.99. The summed E-state index contributed by atoms with van der Waals surface area (Å²) in [5.41, 5.74) is 1.31. The molecule has 22 heavy (non-hydrogen) atoms. The molecule has 1 fully saturated rings. The van der Waals surface area contributed by atoms with E-state index in [0.29, 0.717) is 30.9 Å². The maximum atomic E-state index is 12.7. The van der Waals surface area contributed by atoms with Gasteiger partial charge in [-0.05, 0) is 38.1 Å². The Bertz CT molecular complexity index is 691. The number of aromatic nitrogens is 1. The third-order valence-electron chi connectivity index (χ3n) is 3.96. The molecule has 116 valence electrons. The number of hydrogen-bond acceptors (Lipinski definition) is 4. The lowest BCUT2D eigenvalue weighted by atomic mass is 10.1. The lowest BCUT2D eigenvalue weighted by Crippen LogP contribution is -2.55. The van der Waals surface area contributed by atoms with Crippen LogP contribution in [0.2, 0.25) is 0 Å². The van der Waals surface area contributed by atoms with Crippen molar-refractivity contribution in [3.05, 3.63) is 36.0 Å². The van der Waals surface area contributed by atoms with Gasteiger partial charge < -0.3 is 15.0 Å². The average Bonchev–Trinajstić information content (AvgIpc) is 2.52. The zero-order valence-electron chi connectivity index (χ0n) is 13.2. The van der Waals surface area contributed by atoms with E-state index in [4.69, 9.17) is 4.74 Å². The van der Waals surface area contributed by atoms with Gasteiger partial charge in [0.05, 0.1) is 12.6 Å². The van der Waals surface area contributed by atoms with Crippen LogP contribution in [0.15, 0.2) is 30.3 Å². The Morgan fingerprint density at radius 3 is 2.64 bits per heavy atom.